The fourth-order valence-corrected chi connectivity index (χ4v) is 5.75. The number of fused-ring (bicyclic) bond motifs is 1. The van der Waals surface area contributed by atoms with Gasteiger partial charge < -0.3 is 9.47 Å². The van der Waals surface area contributed by atoms with Crippen LogP contribution in [0.3, 0.4) is 0 Å². The molecule has 0 aliphatic carbocycles. The topological polar surface area (TPSA) is 52.6 Å². The van der Waals surface area contributed by atoms with Crippen molar-refractivity contribution in [3.8, 4) is 20.9 Å². The van der Waals surface area contributed by atoms with Gasteiger partial charge in [-0.05, 0) is 38.1 Å². The van der Waals surface area contributed by atoms with E-state index in [2.05, 4.69) is 12.1 Å². The highest BCUT2D eigenvalue weighted by Crippen LogP contribution is 2.43. The number of benzene rings is 2. The molecule has 0 amide bonds. The van der Waals surface area contributed by atoms with E-state index < -0.39 is 0 Å². The summed E-state index contributed by atoms with van der Waals surface area (Å²) >= 11 is 3.25. The minimum Gasteiger partial charge on any atom is -0.462 e. The molecule has 2 aromatic carbocycles. The Kier molecular flexibility index (Phi) is 5.97. The lowest BCUT2D eigenvalue weighted by atomic mass is 10.1. The maximum atomic E-state index is 12.3. The van der Waals surface area contributed by atoms with Crippen molar-refractivity contribution in [1.29, 1.82) is 0 Å². The average Bonchev–Trinajstić information content (AvgIpc) is 3.33. The molecule has 4 rings (SSSR count). The van der Waals surface area contributed by atoms with E-state index in [-0.39, 0.29) is 11.9 Å². The molecule has 152 valence electrons. The third-order valence-corrected chi connectivity index (χ3v) is 6.94. The zero-order chi connectivity index (χ0) is 21.1. The van der Waals surface area contributed by atoms with Gasteiger partial charge in [-0.25, -0.2) is 9.59 Å². The summed E-state index contributed by atoms with van der Waals surface area (Å²) in [6.45, 7) is 4.29. The van der Waals surface area contributed by atoms with Gasteiger partial charge in [0.05, 0.1) is 24.3 Å². The van der Waals surface area contributed by atoms with Gasteiger partial charge in [-0.2, -0.15) is 0 Å². The van der Waals surface area contributed by atoms with Crippen LogP contribution in [0, 0.1) is 0 Å². The SMILES string of the molecule is CCOC(=O)c1ccccc1-c1cc2sc(-c3ccccc3C(=O)OCC)cc2s1. The standard InChI is InChI=1S/C24H20O4S2/c1-3-27-23(25)17-11-7-5-9-15(17)19-13-21-22(29-19)14-20(30-21)16-10-6-8-12-18(16)24(26)28-4-2/h5-14H,3-4H2,1-2H3. The molecule has 0 unspecified atom stereocenters. The highest BCUT2D eigenvalue weighted by atomic mass is 32.1. The molecule has 0 N–H and O–H groups in total. The van der Waals surface area contributed by atoms with Crippen molar-refractivity contribution in [2.75, 3.05) is 13.2 Å². The zero-order valence-electron chi connectivity index (χ0n) is 16.6. The van der Waals surface area contributed by atoms with Crippen LogP contribution >= 0.6 is 22.7 Å². The van der Waals surface area contributed by atoms with Crippen molar-refractivity contribution in [1.82, 2.24) is 0 Å². The lowest BCUT2D eigenvalue weighted by Gasteiger charge is -2.07. The maximum Gasteiger partial charge on any atom is 0.338 e. The molecule has 2 heterocycles. The Hall–Kier alpha value is -2.96. The molecule has 2 aromatic heterocycles. The highest BCUT2D eigenvalue weighted by molar-refractivity contribution is 7.31. The van der Waals surface area contributed by atoms with Crippen LogP contribution in [0.15, 0.2) is 60.7 Å². The Balaban J connectivity index is 1.73. The van der Waals surface area contributed by atoms with E-state index in [9.17, 15) is 9.59 Å². The van der Waals surface area contributed by atoms with E-state index in [4.69, 9.17) is 9.47 Å². The summed E-state index contributed by atoms with van der Waals surface area (Å²) in [6, 6.07) is 19.2. The molecule has 0 radical (unpaired) electrons. The van der Waals surface area contributed by atoms with Gasteiger partial charge >= 0.3 is 11.9 Å². The summed E-state index contributed by atoms with van der Waals surface area (Å²) < 4.78 is 12.6. The van der Waals surface area contributed by atoms with Crippen LogP contribution < -0.4 is 0 Å². The third-order valence-electron chi connectivity index (χ3n) is 4.58. The molecule has 0 fully saturated rings. The Labute approximate surface area is 182 Å². The van der Waals surface area contributed by atoms with E-state index in [1.807, 2.05) is 36.4 Å². The molecule has 0 spiro atoms. The smallest absolute Gasteiger partial charge is 0.338 e. The molecule has 0 bridgehead atoms. The lowest BCUT2D eigenvalue weighted by Crippen LogP contribution is -2.05. The van der Waals surface area contributed by atoms with Gasteiger partial charge in [0, 0.05) is 30.3 Å². The summed E-state index contributed by atoms with van der Waals surface area (Å²) in [5, 5.41) is 0. The van der Waals surface area contributed by atoms with Crippen molar-refractivity contribution in [3.05, 3.63) is 71.8 Å². The molecule has 0 aliphatic heterocycles. The molecule has 6 heteroatoms. The van der Waals surface area contributed by atoms with E-state index in [0.717, 1.165) is 30.3 Å². The first kappa shape index (κ1) is 20.3. The second-order valence-electron chi connectivity index (χ2n) is 6.48. The van der Waals surface area contributed by atoms with Gasteiger partial charge in [0.1, 0.15) is 0 Å². The van der Waals surface area contributed by atoms with Gasteiger partial charge in [-0.1, -0.05) is 36.4 Å². The summed E-state index contributed by atoms with van der Waals surface area (Å²) in [4.78, 5) is 26.7. The van der Waals surface area contributed by atoms with Crippen molar-refractivity contribution in [2.45, 2.75) is 13.8 Å². The fraction of sp³-hybridized carbons (Fsp3) is 0.167. The zero-order valence-corrected chi connectivity index (χ0v) is 18.3. The van der Waals surface area contributed by atoms with E-state index >= 15 is 0 Å². The van der Waals surface area contributed by atoms with Gasteiger partial charge in [0.25, 0.3) is 0 Å². The van der Waals surface area contributed by atoms with Crippen molar-refractivity contribution in [2.24, 2.45) is 0 Å². The quantitative estimate of drug-likeness (QED) is 0.318. The third kappa shape index (κ3) is 3.88. The fourth-order valence-electron chi connectivity index (χ4n) is 3.27. The minimum absolute atomic E-state index is 0.311. The largest absolute Gasteiger partial charge is 0.462 e. The Morgan fingerprint density at radius 3 is 1.50 bits per heavy atom. The Morgan fingerprint density at radius 2 is 1.10 bits per heavy atom. The summed E-state index contributed by atoms with van der Waals surface area (Å²) in [7, 11) is 0. The van der Waals surface area contributed by atoms with Crippen LogP contribution in [-0.4, -0.2) is 25.2 Å². The minimum atomic E-state index is -0.311. The second-order valence-corrected chi connectivity index (χ2v) is 8.65. The van der Waals surface area contributed by atoms with Gasteiger partial charge in [-0.15, -0.1) is 22.7 Å². The van der Waals surface area contributed by atoms with Crippen LogP contribution in [0.5, 0.6) is 0 Å². The molecule has 0 atom stereocenters. The number of thiophene rings is 2. The van der Waals surface area contributed by atoms with Crippen molar-refractivity contribution >= 4 is 44.0 Å². The van der Waals surface area contributed by atoms with Crippen LogP contribution in [0.4, 0.5) is 0 Å². The number of hydrogen-bond acceptors (Lipinski definition) is 6. The molecular formula is C24H20O4S2. The van der Waals surface area contributed by atoms with Gasteiger partial charge in [0.2, 0.25) is 0 Å². The highest BCUT2D eigenvalue weighted by Gasteiger charge is 2.19. The van der Waals surface area contributed by atoms with E-state index in [0.29, 0.717) is 24.3 Å². The summed E-state index contributed by atoms with van der Waals surface area (Å²) in [5.74, 6) is -0.622. The van der Waals surface area contributed by atoms with Gasteiger partial charge in [0.15, 0.2) is 0 Å². The van der Waals surface area contributed by atoms with Gasteiger partial charge in [-0.3, -0.25) is 0 Å². The first-order chi connectivity index (χ1) is 14.6. The van der Waals surface area contributed by atoms with Crippen LogP contribution in [-0.2, 0) is 9.47 Å². The molecule has 30 heavy (non-hydrogen) atoms. The van der Waals surface area contributed by atoms with Crippen LogP contribution in [0.25, 0.3) is 30.3 Å². The number of rotatable bonds is 6. The molecule has 4 nitrogen and oxygen atoms in total. The van der Waals surface area contributed by atoms with Crippen LogP contribution in [0.1, 0.15) is 34.6 Å². The first-order valence-electron chi connectivity index (χ1n) is 9.68. The number of carbonyl (C=O) groups is 2. The molecule has 0 saturated carbocycles. The van der Waals surface area contributed by atoms with E-state index in [1.54, 1.807) is 48.7 Å². The monoisotopic (exact) mass is 436 g/mol. The molecule has 4 aromatic rings. The number of carbonyl (C=O) groups excluding carboxylic acids is 2. The van der Waals surface area contributed by atoms with Crippen LogP contribution in [0.2, 0.25) is 0 Å². The Bertz CT molecular complexity index is 1100. The predicted molar refractivity (Wildman–Crippen MR) is 122 cm³/mol. The predicted octanol–water partition coefficient (Wildman–Crippen LogP) is 6.65. The molecular weight excluding hydrogens is 416 g/mol. The average molecular weight is 437 g/mol. The Morgan fingerprint density at radius 1 is 0.700 bits per heavy atom. The maximum absolute atomic E-state index is 12.3. The summed E-state index contributed by atoms with van der Waals surface area (Å²) in [6.07, 6.45) is 0. The normalized spacial score (nSPS) is 10.9. The second kappa shape index (κ2) is 8.81. The van der Waals surface area contributed by atoms with E-state index in [1.165, 1.54) is 0 Å². The number of hydrogen-bond donors (Lipinski definition) is 0. The first-order valence-corrected chi connectivity index (χ1v) is 11.3. The van der Waals surface area contributed by atoms with Crippen molar-refractivity contribution in [3.63, 3.8) is 0 Å². The lowest BCUT2D eigenvalue weighted by molar-refractivity contribution is 0.0517. The van der Waals surface area contributed by atoms with Crippen molar-refractivity contribution < 1.29 is 19.1 Å². The molecule has 0 aliphatic rings. The summed E-state index contributed by atoms with van der Waals surface area (Å²) in [5.41, 5.74) is 2.89. The molecule has 0 saturated heterocycles. The number of esters is 2. The number of ether oxygens (including phenoxy) is 2.